The number of fused-ring (bicyclic) bond motifs is 1. The number of methoxy groups -OCH3 is 1. The summed E-state index contributed by atoms with van der Waals surface area (Å²) >= 11 is 0. The summed E-state index contributed by atoms with van der Waals surface area (Å²) in [7, 11) is -0.158. The van der Waals surface area contributed by atoms with Crippen molar-refractivity contribution < 1.29 is 13.2 Å². The van der Waals surface area contributed by atoms with Gasteiger partial charge >= 0.3 is 0 Å². The topological polar surface area (TPSA) is 86.0 Å². The largest absolute Gasteiger partial charge is 0.497 e. The molecule has 0 spiro atoms. The van der Waals surface area contributed by atoms with Crippen LogP contribution in [0, 0.1) is 6.92 Å². The van der Waals surface area contributed by atoms with E-state index in [9.17, 15) is 13.2 Å². The summed E-state index contributed by atoms with van der Waals surface area (Å²) < 4.78 is 33.9. The number of pyridine rings is 1. The van der Waals surface area contributed by atoms with Crippen LogP contribution in [0.15, 0.2) is 58.2 Å². The highest BCUT2D eigenvalue weighted by atomic mass is 32.2. The molecule has 0 radical (unpaired) electrons. The molecule has 3 aromatic rings. The highest BCUT2D eigenvalue weighted by Gasteiger charge is 2.26. The number of ether oxygens (including phenoxy) is 1. The van der Waals surface area contributed by atoms with Crippen LogP contribution in [0.2, 0.25) is 0 Å². The minimum Gasteiger partial charge on any atom is -0.497 e. The molecular formula is C26H34N4O4S. The third-order valence-electron chi connectivity index (χ3n) is 6.69. The number of para-hydroxylation sites is 1. The van der Waals surface area contributed by atoms with Crippen molar-refractivity contribution in [1.82, 2.24) is 19.1 Å². The van der Waals surface area contributed by atoms with Crippen LogP contribution in [-0.2, 0) is 16.6 Å². The summed E-state index contributed by atoms with van der Waals surface area (Å²) in [5, 5.41) is 0.888. The van der Waals surface area contributed by atoms with Crippen LogP contribution in [0.1, 0.15) is 17.5 Å². The minimum atomic E-state index is -3.82. The van der Waals surface area contributed by atoms with E-state index in [1.165, 1.54) is 4.31 Å². The normalized spacial score (nSPS) is 15.7. The number of likely N-dealkylation sites (N-methyl/N-ethyl adjacent to an activating group) is 1. The number of benzene rings is 2. The van der Waals surface area contributed by atoms with Crippen molar-refractivity contribution in [2.75, 3.05) is 53.4 Å². The Morgan fingerprint density at radius 2 is 1.77 bits per heavy atom. The summed E-state index contributed by atoms with van der Waals surface area (Å²) in [5.41, 5.74) is 1.92. The Bertz CT molecular complexity index is 1310. The lowest BCUT2D eigenvalue weighted by atomic mass is 10.1. The number of rotatable bonds is 9. The maximum Gasteiger partial charge on any atom is 0.252 e. The number of aromatic nitrogens is 1. The van der Waals surface area contributed by atoms with Crippen molar-refractivity contribution >= 4 is 20.9 Å². The molecule has 1 fully saturated rings. The average molecular weight is 499 g/mol. The molecule has 9 heteroatoms. The summed E-state index contributed by atoms with van der Waals surface area (Å²) in [6, 6.07) is 14.0. The predicted octanol–water partition coefficient (Wildman–Crippen LogP) is 2.67. The van der Waals surface area contributed by atoms with Crippen LogP contribution in [0.3, 0.4) is 0 Å². The Kier molecular flexibility index (Phi) is 7.91. The predicted molar refractivity (Wildman–Crippen MR) is 138 cm³/mol. The standard InChI is InChI=1S/C26H34N4O4S/c1-20-6-4-7-21-18-22(26(31)27-25(20)21)19-30(13-5-12-29-16-14-28(2)15-17-29)35(32,33)24-10-8-23(34-3)9-11-24/h4,6-11,18H,5,12-17,19H2,1-3H3,(H,27,31). The average Bonchev–Trinajstić information content (AvgIpc) is 2.85. The van der Waals surface area contributed by atoms with Gasteiger partial charge in [-0.15, -0.1) is 0 Å². The molecule has 0 unspecified atom stereocenters. The molecule has 8 nitrogen and oxygen atoms in total. The molecule has 1 N–H and O–H groups in total. The van der Waals surface area contributed by atoms with E-state index in [2.05, 4.69) is 21.8 Å². The summed E-state index contributed by atoms with van der Waals surface area (Å²) in [6.45, 7) is 7.07. The maximum atomic E-state index is 13.6. The van der Waals surface area contributed by atoms with E-state index in [4.69, 9.17) is 4.74 Å². The smallest absolute Gasteiger partial charge is 0.252 e. The number of aryl methyl sites for hydroxylation is 1. The maximum absolute atomic E-state index is 13.6. The zero-order valence-electron chi connectivity index (χ0n) is 20.7. The number of piperazine rings is 1. The van der Waals surface area contributed by atoms with Gasteiger partial charge in [0.2, 0.25) is 10.0 Å². The second-order valence-electron chi connectivity index (χ2n) is 9.18. The van der Waals surface area contributed by atoms with Crippen molar-refractivity contribution in [2.24, 2.45) is 0 Å². The van der Waals surface area contributed by atoms with E-state index < -0.39 is 10.0 Å². The molecule has 1 aliphatic rings. The Morgan fingerprint density at radius 3 is 2.46 bits per heavy atom. The molecule has 1 aliphatic heterocycles. The number of H-pyrrole nitrogens is 1. The van der Waals surface area contributed by atoms with Crippen molar-refractivity contribution in [3.05, 3.63) is 70.0 Å². The third kappa shape index (κ3) is 5.92. The molecule has 0 saturated carbocycles. The summed E-state index contributed by atoms with van der Waals surface area (Å²) in [4.78, 5) is 20.7. The fraction of sp³-hybridized carbons (Fsp3) is 0.423. The fourth-order valence-corrected chi connectivity index (χ4v) is 5.92. The second-order valence-corrected chi connectivity index (χ2v) is 11.1. The van der Waals surface area contributed by atoms with E-state index in [1.54, 1.807) is 37.4 Å². The number of hydrogen-bond donors (Lipinski definition) is 1. The van der Waals surface area contributed by atoms with Crippen molar-refractivity contribution in [2.45, 2.75) is 24.8 Å². The molecule has 4 rings (SSSR count). The molecule has 35 heavy (non-hydrogen) atoms. The zero-order chi connectivity index (χ0) is 25.0. The SMILES string of the molecule is COc1ccc(S(=O)(=O)N(CCCN2CCN(C)CC2)Cc2cc3cccc(C)c3[nH]c2=O)cc1. The Balaban J connectivity index is 1.59. The van der Waals surface area contributed by atoms with Gasteiger partial charge in [-0.05, 0) is 68.2 Å². The lowest BCUT2D eigenvalue weighted by molar-refractivity contribution is 0.150. The minimum absolute atomic E-state index is 0.0102. The van der Waals surface area contributed by atoms with Gasteiger partial charge in [0, 0.05) is 44.8 Å². The molecular weight excluding hydrogens is 464 g/mol. The molecule has 0 bridgehead atoms. The van der Waals surface area contributed by atoms with E-state index in [-0.39, 0.29) is 17.0 Å². The fourth-order valence-electron chi connectivity index (χ4n) is 4.46. The molecule has 0 atom stereocenters. The lowest BCUT2D eigenvalue weighted by Gasteiger charge is -2.32. The van der Waals surface area contributed by atoms with Crippen molar-refractivity contribution in [3.8, 4) is 5.75 Å². The van der Waals surface area contributed by atoms with Crippen LogP contribution in [0.5, 0.6) is 5.75 Å². The second kappa shape index (κ2) is 10.9. The van der Waals surface area contributed by atoms with Gasteiger partial charge in [-0.3, -0.25) is 4.79 Å². The van der Waals surface area contributed by atoms with Crippen LogP contribution in [0.4, 0.5) is 0 Å². The van der Waals surface area contributed by atoms with Gasteiger partial charge in [0.05, 0.1) is 17.5 Å². The van der Waals surface area contributed by atoms with Crippen molar-refractivity contribution in [1.29, 1.82) is 0 Å². The van der Waals surface area contributed by atoms with Gasteiger partial charge in [0.15, 0.2) is 0 Å². The van der Waals surface area contributed by atoms with Crippen LogP contribution in [0.25, 0.3) is 10.9 Å². The number of hydrogen-bond acceptors (Lipinski definition) is 6. The monoisotopic (exact) mass is 498 g/mol. The molecule has 1 saturated heterocycles. The summed E-state index contributed by atoms with van der Waals surface area (Å²) in [6.07, 6.45) is 0.684. The van der Waals surface area contributed by atoms with Crippen molar-refractivity contribution in [3.63, 3.8) is 0 Å². The van der Waals surface area contributed by atoms with Crippen LogP contribution in [-0.4, -0.2) is 80.9 Å². The zero-order valence-corrected chi connectivity index (χ0v) is 21.5. The van der Waals surface area contributed by atoms with E-state index >= 15 is 0 Å². The van der Waals surface area contributed by atoms with Crippen LogP contribution >= 0.6 is 0 Å². The van der Waals surface area contributed by atoms with Crippen LogP contribution < -0.4 is 10.3 Å². The van der Waals surface area contributed by atoms with E-state index in [0.29, 0.717) is 24.3 Å². The molecule has 2 aromatic carbocycles. The van der Waals surface area contributed by atoms with E-state index in [0.717, 1.165) is 49.2 Å². The highest BCUT2D eigenvalue weighted by Crippen LogP contribution is 2.22. The van der Waals surface area contributed by atoms with Gasteiger partial charge in [0.25, 0.3) is 5.56 Å². The Hall–Kier alpha value is -2.72. The summed E-state index contributed by atoms with van der Waals surface area (Å²) in [5.74, 6) is 0.590. The lowest BCUT2D eigenvalue weighted by Crippen LogP contribution is -2.45. The van der Waals surface area contributed by atoms with Gasteiger partial charge in [-0.25, -0.2) is 8.42 Å². The number of aromatic amines is 1. The van der Waals surface area contributed by atoms with Gasteiger partial charge < -0.3 is 19.5 Å². The highest BCUT2D eigenvalue weighted by molar-refractivity contribution is 7.89. The first-order chi connectivity index (χ1) is 16.8. The number of nitrogens with one attached hydrogen (secondary N) is 1. The first-order valence-corrected chi connectivity index (χ1v) is 13.4. The Morgan fingerprint density at radius 1 is 1.06 bits per heavy atom. The van der Waals surface area contributed by atoms with E-state index in [1.807, 2.05) is 25.1 Å². The molecule has 0 amide bonds. The first kappa shape index (κ1) is 25.4. The quantitative estimate of drug-likeness (QED) is 0.488. The third-order valence-corrected chi connectivity index (χ3v) is 8.55. The molecule has 1 aromatic heterocycles. The molecule has 0 aliphatic carbocycles. The molecule has 2 heterocycles. The van der Waals surface area contributed by atoms with Gasteiger partial charge in [0.1, 0.15) is 5.75 Å². The molecule has 188 valence electrons. The van der Waals surface area contributed by atoms with Gasteiger partial charge in [-0.2, -0.15) is 4.31 Å². The van der Waals surface area contributed by atoms with Gasteiger partial charge in [-0.1, -0.05) is 18.2 Å². The number of nitrogens with zero attached hydrogens (tertiary/aromatic N) is 3. The number of sulfonamides is 1. The Labute approximate surface area is 207 Å². The first-order valence-electron chi connectivity index (χ1n) is 11.9.